The fraction of sp³-hybridized carbons (Fsp3) is 0.294. The Bertz CT molecular complexity index is 1890. The molecule has 0 N–H and O–H groups in total. The van der Waals surface area contributed by atoms with Crippen LogP contribution in [0.5, 0.6) is 11.5 Å². The van der Waals surface area contributed by atoms with Crippen LogP contribution in [0.4, 0.5) is 0 Å². The van der Waals surface area contributed by atoms with E-state index in [4.69, 9.17) is 14.2 Å². The minimum absolute atomic E-state index is 0.492. The highest BCUT2D eigenvalue weighted by Crippen LogP contribution is 2.41. The zero-order valence-electron chi connectivity index (χ0n) is 24.6. The molecule has 0 bridgehead atoms. The van der Waals surface area contributed by atoms with Gasteiger partial charge in [-0.1, -0.05) is 37.8 Å². The van der Waals surface area contributed by atoms with Crippen LogP contribution in [0.25, 0.3) is 49.3 Å². The van der Waals surface area contributed by atoms with Crippen LogP contribution in [-0.2, 0) is 11.5 Å². The van der Waals surface area contributed by atoms with Gasteiger partial charge in [-0.05, 0) is 79.5 Å². The molecule has 0 fully saturated rings. The second-order valence-electron chi connectivity index (χ2n) is 12.1. The Morgan fingerprint density at radius 1 is 0.675 bits per heavy atom. The molecule has 206 valence electrons. The Labute approximate surface area is 236 Å². The van der Waals surface area contributed by atoms with Gasteiger partial charge in [0.25, 0.3) is 0 Å². The first-order valence-corrected chi connectivity index (χ1v) is 17.7. The van der Waals surface area contributed by atoms with E-state index in [-0.39, 0.29) is 0 Å². The molecule has 6 aromatic rings. The lowest BCUT2D eigenvalue weighted by Gasteiger charge is -2.17. The van der Waals surface area contributed by atoms with E-state index in [0.717, 1.165) is 51.9 Å². The molecule has 2 aromatic heterocycles. The third-order valence-corrected chi connectivity index (χ3v) is 9.55. The first-order valence-electron chi connectivity index (χ1n) is 14.0. The van der Waals surface area contributed by atoms with Gasteiger partial charge in [-0.15, -0.1) is 0 Å². The van der Waals surface area contributed by atoms with Gasteiger partial charge in [-0.25, -0.2) is 0 Å². The highest BCUT2D eigenvalue weighted by Gasteiger charge is 2.20. The van der Waals surface area contributed by atoms with Crippen LogP contribution >= 0.6 is 0 Å². The Balaban J connectivity index is 1.60. The smallest absolute Gasteiger partial charge is 0.143 e. The maximum atomic E-state index is 6.28. The van der Waals surface area contributed by atoms with Gasteiger partial charge >= 0.3 is 0 Å². The average Bonchev–Trinajstić information content (AvgIpc) is 3.42. The predicted molar refractivity (Wildman–Crippen MR) is 170 cm³/mol. The van der Waals surface area contributed by atoms with Gasteiger partial charge < -0.3 is 23.3 Å². The number of rotatable bonds is 8. The molecule has 0 saturated heterocycles. The number of methoxy groups -OCH3 is 2. The molecule has 2 heterocycles. The number of aryl methyl sites for hydroxylation is 2. The number of hydrogen-bond acceptors (Lipinski definition) is 3. The van der Waals surface area contributed by atoms with Crippen LogP contribution in [0, 0.1) is 13.8 Å². The Hall–Kier alpha value is -3.74. The molecule has 0 spiro atoms. The van der Waals surface area contributed by atoms with E-state index in [0.29, 0.717) is 6.73 Å². The van der Waals surface area contributed by atoms with Crippen molar-refractivity contribution >= 4 is 51.7 Å². The van der Waals surface area contributed by atoms with E-state index in [9.17, 15) is 0 Å². The fourth-order valence-corrected chi connectivity index (χ4v) is 6.67. The molecule has 40 heavy (non-hydrogen) atoms. The maximum absolute atomic E-state index is 6.28. The van der Waals surface area contributed by atoms with Crippen LogP contribution in [-0.4, -0.2) is 38.0 Å². The lowest BCUT2D eigenvalue weighted by Crippen LogP contribution is -2.22. The van der Waals surface area contributed by atoms with Crippen molar-refractivity contribution in [2.45, 2.75) is 46.3 Å². The predicted octanol–water partition coefficient (Wildman–Crippen LogP) is 8.84. The minimum Gasteiger partial charge on any atom is -0.495 e. The summed E-state index contributed by atoms with van der Waals surface area (Å²) in [6.07, 6.45) is 0. The standard InChI is InChI=1S/C34H38N2O3Si/c1-22-16-27-25-10-8-9-11-30(25)36(34(27)32(19-22)38-4)24-12-13-29-26(20-24)28-17-23(2)18-31(37-3)33(28)35(29)21-39-14-15-40(5,6)7/h8-13,16-20H,14-15,21H2,1-7H3. The largest absolute Gasteiger partial charge is 0.495 e. The Kier molecular flexibility index (Phi) is 6.63. The molecule has 5 nitrogen and oxygen atoms in total. The number of hydrogen-bond donors (Lipinski definition) is 0. The molecule has 0 saturated carbocycles. The molecular weight excluding hydrogens is 512 g/mol. The summed E-state index contributed by atoms with van der Waals surface area (Å²) in [7, 11) is 2.33. The average molecular weight is 551 g/mol. The Morgan fingerprint density at radius 3 is 2.00 bits per heavy atom. The zero-order chi connectivity index (χ0) is 28.2. The van der Waals surface area contributed by atoms with Crippen LogP contribution in [0.1, 0.15) is 11.1 Å². The van der Waals surface area contributed by atoms with Crippen molar-refractivity contribution in [3.63, 3.8) is 0 Å². The molecule has 4 aromatic carbocycles. The summed E-state index contributed by atoms with van der Waals surface area (Å²) >= 11 is 0. The van der Waals surface area contributed by atoms with E-state index < -0.39 is 8.07 Å². The third-order valence-electron chi connectivity index (χ3n) is 7.84. The number of para-hydroxylation sites is 1. The van der Waals surface area contributed by atoms with Crippen LogP contribution in [0.2, 0.25) is 25.7 Å². The lowest BCUT2D eigenvalue weighted by molar-refractivity contribution is 0.0927. The molecule has 0 aliphatic heterocycles. The summed E-state index contributed by atoms with van der Waals surface area (Å²) in [4.78, 5) is 0. The topological polar surface area (TPSA) is 37.5 Å². The monoisotopic (exact) mass is 550 g/mol. The highest BCUT2D eigenvalue weighted by molar-refractivity contribution is 6.76. The van der Waals surface area contributed by atoms with Gasteiger partial charge in [0.05, 0.1) is 36.3 Å². The summed E-state index contributed by atoms with van der Waals surface area (Å²) in [5, 5.41) is 4.77. The molecule has 6 rings (SSSR count). The van der Waals surface area contributed by atoms with Crippen molar-refractivity contribution in [1.82, 2.24) is 9.13 Å². The summed E-state index contributed by atoms with van der Waals surface area (Å²) in [6, 6.07) is 25.2. The number of ether oxygens (including phenoxy) is 3. The van der Waals surface area contributed by atoms with Crippen LogP contribution < -0.4 is 9.47 Å². The van der Waals surface area contributed by atoms with E-state index in [2.05, 4.69) is 109 Å². The highest BCUT2D eigenvalue weighted by atomic mass is 28.3. The van der Waals surface area contributed by atoms with Crippen molar-refractivity contribution in [1.29, 1.82) is 0 Å². The first-order chi connectivity index (χ1) is 19.2. The minimum atomic E-state index is -1.18. The van der Waals surface area contributed by atoms with E-state index >= 15 is 0 Å². The molecule has 0 aliphatic rings. The second-order valence-corrected chi connectivity index (χ2v) is 17.7. The van der Waals surface area contributed by atoms with Gasteiger partial charge in [0, 0.05) is 41.9 Å². The maximum Gasteiger partial charge on any atom is 0.143 e. The molecule has 0 unspecified atom stereocenters. The number of aromatic nitrogens is 2. The fourth-order valence-electron chi connectivity index (χ4n) is 5.91. The molecule has 0 amide bonds. The summed E-state index contributed by atoms with van der Waals surface area (Å²) in [6.45, 7) is 12.7. The quantitative estimate of drug-likeness (QED) is 0.140. The Morgan fingerprint density at radius 2 is 1.32 bits per heavy atom. The number of benzene rings is 4. The number of nitrogens with zero attached hydrogens (tertiary/aromatic N) is 2. The molecular formula is C34H38N2O3Si. The normalized spacial score (nSPS) is 12.3. The van der Waals surface area contributed by atoms with Gasteiger partial charge in [0.15, 0.2) is 0 Å². The molecule has 0 aliphatic carbocycles. The van der Waals surface area contributed by atoms with E-state index in [1.165, 1.54) is 32.7 Å². The SMILES string of the molecule is COc1cc(C)cc2c3cc(-n4c5ccccc5c5cc(C)cc(OC)c54)ccc3n(COCC[Si](C)(C)C)c12. The molecule has 0 atom stereocenters. The van der Waals surface area contributed by atoms with Crippen molar-refractivity contribution in [2.75, 3.05) is 20.8 Å². The summed E-state index contributed by atoms with van der Waals surface area (Å²) in [5.74, 6) is 1.75. The van der Waals surface area contributed by atoms with Crippen molar-refractivity contribution in [3.05, 3.63) is 77.9 Å². The zero-order valence-corrected chi connectivity index (χ0v) is 25.6. The summed E-state index contributed by atoms with van der Waals surface area (Å²) < 4.78 is 22.7. The van der Waals surface area contributed by atoms with E-state index in [1.54, 1.807) is 14.2 Å². The van der Waals surface area contributed by atoms with Crippen molar-refractivity contribution in [3.8, 4) is 17.2 Å². The first kappa shape index (κ1) is 26.5. The number of fused-ring (bicyclic) bond motifs is 6. The van der Waals surface area contributed by atoms with Crippen molar-refractivity contribution in [2.24, 2.45) is 0 Å². The molecule has 6 heteroatoms. The van der Waals surface area contributed by atoms with Crippen molar-refractivity contribution < 1.29 is 14.2 Å². The van der Waals surface area contributed by atoms with Gasteiger partial charge in [-0.2, -0.15) is 0 Å². The molecule has 0 radical (unpaired) electrons. The van der Waals surface area contributed by atoms with Crippen LogP contribution in [0.15, 0.2) is 66.7 Å². The lowest BCUT2D eigenvalue weighted by atomic mass is 10.1. The second kappa shape index (κ2) is 10.0. The van der Waals surface area contributed by atoms with Gasteiger partial charge in [0.2, 0.25) is 0 Å². The van der Waals surface area contributed by atoms with Gasteiger partial charge in [0.1, 0.15) is 18.2 Å². The van der Waals surface area contributed by atoms with E-state index in [1.807, 2.05) is 0 Å². The summed E-state index contributed by atoms with van der Waals surface area (Å²) in [5.41, 5.74) is 7.90. The van der Waals surface area contributed by atoms with Crippen LogP contribution in [0.3, 0.4) is 0 Å². The van der Waals surface area contributed by atoms with Gasteiger partial charge in [-0.3, -0.25) is 0 Å². The third kappa shape index (κ3) is 4.45.